The maximum atomic E-state index is 13.4. The molecule has 2 amide bonds. The Morgan fingerprint density at radius 3 is 2.47 bits per heavy atom. The maximum absolute atomic E-state index is 13.4. The predicted octanol–water partition coefficient (Wildman–Crippen LogP) is 3.99. The van der Waals surface area contributed by atoms with Crippen molar-refractivity contribution in [2.45, 2.75) is 44.2 Å². The summed E-state index contributed by atoms with van der Waals surface area (Å²) in [6.45, 7) is 0.841. The molecule has 0 radical (unpaired) electrons. The average molecular weight is 399 g/mol. The van der Waals surface area contributed by atoms with Crippen LogP contribution in [0.25, 0.3) is 11.1 Å². The second kappa shape index (κ2) is 7.56. The minimum absolute atomic E-state index is 0.108. The lowest BCUT2D eigenvalue weighted by Crippen LogP contribution is -2.43. The summed E-state index contributed by atoms with van der Waals surface area (Å²) in [5.41, 5.74) is 11.2. The zero-order valence-electron chi connectivity index (χ0n) is 16.9. The summed E-state index contributed by atoms with van der Waals surface area (Å²) in [5, 5.41) is 0. The van der Waals surface area contributed by atoms with E-state index in [0.717, 1.165) is 49.8 Å². The number of primary amides is 1. The number of amides is 2. The van der Waals surface area contributed by atoms with Crippen LogP contribution in [0.3, 0.4) is 0 Å². The van der Waals surface area contributed by atoms with Crippen molar-refractivity contribution in [3.05, 3.63) is 70.8 Å². The van der Waals surface area contributed by atoms with Gasteiger partial charge in [-0.25, -0.2) is 0 Å². The highest BCUT2D eigenvalue weighted by molar-refractivity contribution is 6.00. The summed E-state index contributed by atoms with van der Waals surface area (Å²) in [6.07, 6.45) is 7.17. The number of carbonyl (C=O) groups excluding carboxylic acids is 2. The Balaban J connectivity index is 1.39. The van der Waals surface area contributed by atoms with Crippen molar-refractivity contribution in [1.82, 2.24) is 4.90 Å². The molecule has 1 aliphatic heterocycles. The largest absolute Gasteiger partial charge is 0.366 e. The number of carbonyl (C=O) groups is 2. The number of aliphatic imine (C=N–C) groups is 1. The van der Waals surface area contributed by atoms with Gasteiger partial charge in [0.15, 0.2) is 0 Å². The van der Waals surface area contributed by atoms with Gasteiger partial charge in [-0.3, -0.25) is 14.6 Å². The number of hydrogen-bond acceptors (Lipinski definition) is 3. The lowest BCUT2D eigenvalue weighted by atomic mass is 9.88. The Bertz CT molecular complexity index is 1060. The third-order valence-corrected chi connectivity index (χ3v) is 6.42. The molecular weight excluding hydrogens is 374 g/mol. The summed E-state index contributed by atoms with van der Waals surface area (Å²) >= 11 is 0. The molecule has 0 aromatic heterocycles. The summed E-state index contributed by atoms with van der Waals surface area (Å²) in [4.78, 5) is 31.7. The first-order valence-corrected chi connectivity index (χ1v) is 10.6. The quantitative estimate of drug-likeness (QED) is 0.825. The van der Waals surface area contributed by atoms with Gasteiger partial charge in [0.25, 0.3) is 5.91 Å². The Labute approximate surface area is 176 Å². The molecule has 1 atom stereocenters. The average Bonchev–Trinajstić information content (AvgIpc) is 3.49. The maximum Gasteiger partial charge on any atom is 0.254 e. The van der Waals surface area contributed by atoms with E-state index < -0.39 is 5.91 Å². The molecule has 2 aromatic rings. The predicted molar refractivity (Wildman–Crippen MR) is 118 cm³/mol. The Kier molecular flexibility index (Phi) is 4.74. The molecule has 5 nitrogen and oxygen atoms in total. The highest BCUT2D eigenvalue weighted by Crippen LogP contribution is 2.37. The van der Waals surface area contributed by atoms with Crippen molar-refractivity contribution in [3.63, 3.8) is 0 Å². The second-order valence-corrected chi connectivity index (χ2v) is 8.43. The van der Waals surface area contributed by atoms with E-state index in [1.165, 1.54) is 11.1 Å². The van der Waals surface area contributed by atoms with Crippen molar-refractivity contribution in [2.75, 3.05) is 6.54 Å². The molecule has 5 heteroatoms. The van der Waals surface area contributed by atoms with Gasteiger partial charge in [0.1, 0.15) is 0 Å². The molecule has 1 heterocycles. The molecule has 5 rings (SSSR count). The SMILES string of the molecule is NC(=O)c1ccccc1-c1ccc(C(=O)N(C2CC2)C2CCC3=C(C=NC3)C2)cc1. The first-order valence-electron chi connectivity index (χ1n) is 10.6. The van der Waals surface area contributed by atoms with E-state index in [4.69, 9.17) is 5.73 Å². The zero-order chi connectivity index (χ0) is 20.7. The summed E-state index contributed by atoms with van der Waals surface area (Å²) < 4.78 is 0. The molecule has 0 bridgehead atoms. The van der Waals surface area contributed by atoms with E-state index in [0.29, 0.717) is 17.2 Å². The molecule has 2 N–H and O–H groups in total. The highest BCUT2D eigenvalue weighted by atomic mass is 16.2. The molecule has 3 aliphatic rings. The molecule has 1 saturated carbocycles. The molecule has 30 heavy (non-hydrogen) atoms. The van der Waals surface area contributed by atoms with Gasteiger partial charge in [-0.2, -0.15) is 0 Å². The number of benzene rings is 2. The highest BCUT2D eigenvalue weighted by Gasteiger charge is 2.39. The Morgan fingerprint density at radius 2 is 1.73 bits per heavy atom. The number of hydrogen-bond donors (Lipinski definition) is 1. The monoisotopic (exact) mass is 399 g/mol. The van der Waals surface area contributed by atoms with Gasteiger partial charge < -0.3 is 10.6 Å². The minimum Gasteiger partial charge on any atom is -0.366 e. The van der Waals surface area contributed by atoms with E-state index in [1.54, 1.807) is 12.1 Å². The van der Waals surface area contributed by atoms with Crippen LogP contribution in [0.4, 0.5) is 0 Å². The minimum atomic E-state index is -0.452. The fourth-order valence-electron chi connectivity index (χ4n) is 4.70. The normalized spacial score (nSPS) is 20.2. The van der Waals surface area contributed by atoms with E-state index in [1.807, 2.05) is 42.6 Å². The smallest absolute Gasteiger partial charge is 0.254 e. The van der Waals surface area contributed by atoms with Crippen LogP contribution >= 0.6 is 0 Å². The van der Waals surface area contributed by atoms with Crippen molar-refractivity contribution >= 4 is 18.0 Å². The first-order chi connectivity index (χ1) is 14.6. The molecule has 152 valence electrons. The lowest BCUT2D eigenvalue weighted by Gasteiger charge is -2.35. The van der Waals surface area contributed by atoms with Crippen LogP contribution in [0.2, 0.25) is 0 Å². The molecule has 1 unspecified atom stereocenters. The number of rotatable bonds is 5. The topological polar surface area (TPSA) is 75.8 Å². The summed E-state index contributed by atoms with van der Waals surface area (Å²) in [5.74, 6) is -0.344. The van der Waals surface area contributed by atoms with E-state index in [-0.39, 0.29) is 11.9 Å². The summed E-state index contributed by atoms with van der Waals surface area (Å²) in [7, 11) is 0. The van der Waals surface area contributed by atoms with Gasteiger partial charge >= 0.3 is 0 Å². The van der Waals surface area contributed by atoms with Crippen LogP contribution in [-0.4, -0.2) is 41.6 Å². The summed E-state index contributed by atoms with van der Waals surface area (Å²) in [6, 6.07) is 15.5. The van der Waals surface area contributed by atoms with Crippen molar-refractivity contribution in [1.29, 1.82) is 0 Å². The fourth-order valence-corrected chi connectivity index (χ4v) is 4.70. The van der Waals surface area contributed by atoms with Gasteiger partial charge in [0.05, 0.1) is 6.54 Å². The van der Waals surface area contributed by atoms with Crippen LogP contribution in [0, 0.1) is 0 Å². The van der Waals surface area contributed by atoms with Gasteiger partial charge in [-0.15, -0.1) is 0 Å². The third kappa shape index (κ3) is 3.45. The van der Waals surface area contributed by atoms with Gasteiger partial charge in [0.2, 0.25) is 5.91 Å². The molecule has 0 saturated heterocycles. The zero-order valence-corrected chi connectivity index (χ0v) is 16.9. The van der Waals surface area contributed by atoms with Crippen molar-refractivity contribution < 1.29 is 9.59 Å². The van der Waals surface area contributed by atoms with Crippen LogP contribution < -0.4 is 5.73 Å². The van der Waals surface area contributed by atoms with E-state index >= 15 is 0 Å². The van der Waals surface area contributed by atoms with Crippen LogP contribution in [0.15, 0.2) is 64.7 Å². The van der Waals surface area contributed by atoms with Gasteiger partial charge in [-0.05, 0) is 72.6 Å². The molecule has 1 fully saturated rings. The number of nitrogens with two attached hydrogens (primary N) is 1. The van der Waals surface area contributed by atoms with E-state index in [2.05, 4.69) is 9.89 Å². The lowest BCUT2D eigenvalue weighted by molar-refractivity contribution is 0.0645. The Hall–Kier alpha value is -3.21. The van der Waals surface area contributed by atoms with Crippen LogP contribution in [0.5, 0.6) is 0 Å². The molecular formula is C25H25N3O2. The molecule has 0 spiro atoms. The van der Waals surface area contributed by atoms with Crippen molar-refractivity contribution in [2.24, 2.45) is 10.7 Å². The van der Waals surface area contributed by atoms with E-state index in [9.17, 15) is 9.59 Å². The fraction of sp³-hybridized carbons (Fsp3) is 0.320. The number of nitrogens with zero attached hydrogens (tertiary/aromatic N) is 2. The van der Waals surface area contributed by atoms with Crippen molar-refractivity contribution in [3.8, 4) is 11.1 Å². The van der Waals surface area contributed by atoms with Gasteiger partial charge in [-0.1, -0.05) is 30.3 Å². The van der Waals surface area contributed by atoms with Crippen LogP contribution in [0.1, 0.15) is 52.8 Å². The first kappa shape index (κ1) is 18.8. The second-order valence-electron chi connectivity index (χ2n) is 8.43. The molecule has 2 aliphatic carbocycles. The standard InChI is InChI=1S/C25H25N3O2/c26-24(29)23-4-2-1-3-22(23)16-5-7-17(8-6-16)25(30)28(20-11-12-20)21-10-9-18-14-27-15-19(18)13-21/h1-8,15,20-21H,9-14H2,(H2,26,29). The van der Waals surface area contributed by atoms with Gasteiger partial charge in [0, 0.05) is 29.4 Å². The van der Waals surface area contributed by atoms with Crippen LogP contribution in [-0.2, 0) is 0 Å². The molecule has 2 aromatic carbocycles. The Morgan fingerprint density at radius 1 is 0.967 bits per heavy atom. The third-order valence-electron chi connectivity index (χ3n) is 6.42.